The minimum atomic E-state index is -5.89. The number of amides is 2. The Bertz CT molecular complexity index is 2050. The van der Waals surface area contributed by atoms with Gasteiger partial charge in [0.1, 0.15) is 5.75 Å². The summed E-state index contributed by atoms with van der Waals surface area (Å²) in [4.78, 5) is 25.6. The normalized spacial score (nSPS) is 13.9. The fourth-order valence-corrected chi connectivity index (χ4v) is 6.93. The Morgan fingerprint density at radius 2 is 1.51 bits per heavy atom. The minimum absolute atomic E-state index is 0.00708. The standard InChI is InChI=1S/C37H34F3N3O5S/c1-48-33-21-28(36(45)42-49(46,47)37(38,39)40)17-16-27(33)20-29-23-43(34(24-10-4-2-5-11-24)25-12-6-3-7-13-25)32-19-18-30(22-31(29)32)41-35(44)26-14-8-9-15-26/h2-7,10-13,16-19,21-23,26,34H,8-9,14-15,20H2,1H3,(H,41,44)(H,42,45). The molecule has 0 unspecified atom stereocenters. The first-order chi connectivity index (χ1) is 23.4. The van der Waals surface area contributed by atoms with Crippen LogP contribution >= 0.6 is 0 Å². The molecular weight excluding hydrogens is 655 g/mol. The minimum Gasteiger partial charge on any atom is -0.496 e. The van der Waals surface area contributed by atoms with Gasteiger partial charge in [-0.1, -0.05) is 79.6 Å². The van der Waals surface area contributed by atoms with Crippen LogP contribution in [0.3, 0.4) is 0 Å². The van der Waals surface area contributed by atoms with Crippen molar-refractivity contribution in [3.05, 3.63) is 131 Å². The summed E-state index contributed by atoms with van der Waals surface area (Å²) < 4.78 is 70.5. The number of ether oxygens (including phenoxy) is 1. The number of fused-ring (bicyclic) bond motifs is 1. The molecule has 6 rings (SSSR count). The zero-order valence-corrected chi connectivity index (χ0v) is 27.4. The van der Waals surface area contributed by atoms with Gasteiger partial charge in [0, 0.05) is 40.7 Å². The summed E-state index contributed by atoms with van der Waals surface area (Å²) in [6, 6.07) is 29.7. The molecule has 8 nitrogen and oxygen atoms in total. The molecule has 12 heteroatoms. The van der Waals surface area contributed by atoms with Crippen LogP contribution in [0.2, 0.25) is 0 Å². The number of hydrogen-bond acceptors (Lipinski definition) is 5. The summed E-state index contributed by atoms with van der Waals surface area (Å²) in [6.45, 7) is 0. The van der Waals surface area contributed by atoms with E-state index in [4.69, 9.17) is 4.74 Å². The first-order valence-corrected chi connectivity index (χ1v) is 17.3. The van der Waals surface area contributed by atoms with E-state index in [1.54, 1.807) is 0 Å². The number of benzene rings is 4. The number of carbonyl (C=O) groups excluding carboxylic acids is 2. The van der Waals surface area contributed by atoms with Gasteiger partial charge in [0.2, 0.25) is 5.91 Å². The predicted molar refractivity (Wildman–Crippen MR) is 181 cm³/mol. The summed E-state index contributed by atoms with van der Waals surface area (Å²) >= 11 is 0. The zero-order valence-electron chi connectivity index (χ0n) is 26.5. The number of sulfonamides is 1. The first kappa shape index (κ1) is 33.8. The van der Waals surface area contributed by atoms with E-state index in [0.717, 1.165) is 58.0 Å². The van der Waals surface area contributed by atoms with Gasteiger partial charge in [-0.15, -0.1) is 0 Å². The molecule has 2 amide bonds. The average Bonchev–Trinajstić information content (AvgIpc) is 3.75. The number of anilines is 1. The molecule has 0 atom stereocenters. The van der Waals surface area contributed by atoms with Crippen LogP contribution in [0.5, 0.6) is 5.75 Å². The molecule has 0 radical (unpaired) electrons. The Morgan fingerprint density at radius 1 is 0.878 bits per heavy atom. The molecule has 254 valence electrons. The number of halogens is 3. The number of carbonyl (C=O) groups is 2. The third-order valence-electron chi connectivity index (χ3n) is 8.88. The maximum absolute atomic E-state index is 13.1. The Kier molecular flexibility index (Phi) is 9.51. The molecule has 49 heavy (non-hydrogen) atoms. The second kappa shape index (κ2) is 13.8. The van der Waals surface area contributed by atoms with E-state index in [-0.39, 0.29) is 35.6 Å². The van der Waals surface area contributed by atoms with E-state index in [9.17, 15) is 31.2 Å². The summed E-state index contributed by atoms with van der Waals surface area (Å²) in [7, 11) is -4.54. The maximum Gasteiger partial charge on any atom is 0.516 e. The van der Waals surface area contributed by atoms with Crippen LogP contribution in [0.25, 0.3) is 10.9 Å². The van der Waals surface area contributed by atoms with Crippen LogP contribution in [0, 0.1) is 5.92 Å². The molecule has 0 aliphatic heterocycles. The first-order valence-electron chi connectivity index (χ1n) is 15.8. The van der Waals surface area contributed by atoms with Crippen molar-refractivity contribution in [1.82, 2.24) is 9.29 Å². The lowest BCUT2D eigenvalue weighted by Gasteiger charge is -2.22. The lowest BCUT2D eigenvalue weighted by Crippen LogP contribution is -2.40. The Balaban J connectivity index is 1.42. The van der Waals surface area contributed by atoms with Gasteiger partial charge in [-0.05, 0) is 65.4 Å². The third-order valence-corrected chi connectivity index (χ3v) is 9.94. The molecule has 1 aliphatic carbocycles. The van der Waals surface area contributed by atoms with Crippen molar-refractivity contribution in [2.24, 2.45) is 5.92 Å². The Morgan fingerprint density at radius 3 is 2.10 bits per heavy atom. The summed E-state index contributed by atoms with van der Waals surface area (Å²) in [5, 5.41) is 3.96. The van der Waals surface area contributed by atoms with Crippen molar-refractivity contribution in [3.63, 3.8) is 0 Å². The van der Waals surface area contributed by atoms with E-state index in [0.29, 0.717) is 11.3 Å². The van der Waals surface area contributed by atoms with Crippen LogP contribution < -0.4 is 14.8 Å². The van der Waals surface area contributed by atoms with Gasteiger partial charge in [-0.25, -0.2) is 4.72 Å². The van der Waals surface area contributed by atoms with Gasteiger partial charge < -0.3 is 14.6 Å². The van der Waals surface area contributed by atoms with Gasteiger partial charge in [-0.2, -0.15) is 21.6 Å². The zero-order chi connectivity index (χ0) is 34.8. The van der Waals surface area contributed by atoms with Gasteiger partial charge >= 0.3 is 15.5 Å². The van der Waals surface area contributed by atoms with E-state index in [1.165, 1.54) is 25.3 Å². The van der Waals surface area contributed by atoms with Crippen molar-refractivity contribution in [1.29, 1.82) is 0 Å². The maximum atomic E-state index is 13.1. The number of rotatable bonds is 10. The Hall–Kier alpha value is -5.10. The highest BCUT2D eigenvalue weighted by molar-refractivity contribution is 7.90. The number of alkyl halides is 3. The van der Waals surface area contributed by atoms with Crippen LogP contribution in [0.1, 0.15) is 64.3 Å². The highest BCUT2D eigenvalue weighted by Crippen LogP contribution is 2.36. The molecular formula is C37H34F3N3O5S. The van der Waals surface area contributed by atoms with Gasteiger partial charge in [0.15, 0.2) is 0 Å². The highest BCUT2D eigenvalue weighted by atomic mass is 32.2. The second-order valence-corrected chi connectivity index (χ2v) is 13.7. The van der Waals surface area contributed by atoms with Gasteiger partial charge in [0.05, 0.1) is 13.2 Å². The molecule has 0 saturated heterocycles. The molecule has 1 saturated carbocycles. The molecule has 5 aromatic rings. The molecule has 0 bridgehead atoms. The van der Waals surface area contributed by atoms with Gasteiger partial charge in [0.25, 0.3) is 5.91 Å². The lowest BCUT2D eigenvalue weighted by molar-refractivity contribution is -0.119. The topological polar surface area (TPSA) is 106 Å². The van der Waals surface area contributed by atoms with Crippen molar-refractivity contribution in [3.8, 4) is 5.75 Å². The SMILES string of the molecule is COc1cc(C(=O)NS(=O)(=O)C(F)(F)F)ccc1Cc1cn(C(c2ccccc2)c2ccccc2)c2ccc(NC(=O)C3CCCC3)cc12. The van der Waals surface area contributed by atoms with Crippen LogP contribution in [-0.4, -0.2) is 37.4 Å². The fraction of sp³-hybridized carbons (Fsp3) is 0.243. The van der Waals surface area contributed by atoms with E-state index in [2.05, 4.69) is 34.1 Å². The van der Waals surface area contributed by atoms with Crippen molar-refractivity contribution < 1.29 is 35.9 Å². The van der Waals surface area contributed by atoms with E-state index < -0.39 is 21.4 Å². The van der Waals surface area contributed by atoms with Crippen LogP contribution in [0.4, 0.5) is 18.9 Å². The monoisotopic (exact) mass is 689 g/mol. The largest absolute Gasteiger partial charge is 0.516 e. The second-order valence-electron chi connectivity index (χ2n) is 12.1. The lowest BCUT2D eigenvalue weighted by atomic mass is 9.98. The smallest absolute Gasteiger partial charge is 0.496 e. The van der Waals surface area contributed by atoms with Crippen LogP contribution in [-0.2, 0) is 21.2 Å². The Labute approximate surface area is 282 Å². The van der Waals surface area contributed by atoms with E-state index >= 15 is 0 Å². The molecule has 4 aromatic carbocycles. The van der Waals surface area contributed by atoms with Gasteiger partial charge in [-0.3, -0.25) is 9.59 Å². The number of nitrogens with zero attached hydrogens (tertiary/aromatic N) is 1. The number of aromatic nitrogens is 1. The molecule has 0 spiro atoms. The van der Waals surface area contributed by atoms with Crippen LogP contribution in [0.15, 0.2) is 103 Å². The molecule has 1 aliphatic rings. The molecule has 1 fully saturated rings. The predicted octanol–water partition coefficient (Wildman–Crippen LogP) is 7.59. The highest BCUT2D eigenvalue weighted by Gasteiger charge is 2.47. The fourth-order valence-electron chi connectivity index (χ4n) is 6.45. The molecule has 1 aromatic heterocycles. The summed E-state index contributed by atoms with van der Waals surface area (Å²) in [5.74, 6) is -1.28. The third kappa shape index (κ3) is 7.19. The summed E-state index contributed by atoms with van der Waals surface area (Å²) in [5.41, 5.74) is -0.834. The molecule has 1 heterocycles. The number of nitrogens with one attached hydrogen (secondary N) is 2. The quantitative estimate of drug-likeness (QED) is 0.157. The number of hydrogen-bond donors (Lipinski definition) is 2. The van der Waals surface area contributed by atoms with Crippen molar-refractivity contribution in [2.75, 3.05) is 12.4 Å². The van der Waals surface area contributed by atoms with Crippen molar-refractivity contribution in [2.45, 2.75) is 43.7 Å². The molecule has 2 N–H and O–H groups in total. The summed E-state index contributed by atoms with van der Waals surface area (Å²) in [6.07, 6.45) is 6.11. The van der Waals surface area contributed by atoms with Crippen molar-refractivity contribution >= 4 is 38.4 Å². The van der Waals surface area contributed by atoms with E-state index in [1.807, 2.05) is 60.8 Å². The number of methoxy groups -OCH3 is 1. The average molecular weight is 690 g/mol.